The van der Waals surface area contributed by atoms with Crippen molar-refractivity contribution in [3.05, 3.63) is 0 Å². The van der Waals surface area contributed by atoms with Crippen molar-refractivity contribution >= 4 is 6.09 Å². The fourth-order valence-corrected chi connectivity index (χ4v) is 3.98. The number of rotatable bonds is 1. The van der Waals surface area contributed by atoms with Gasteiger partial charge in [-0.15, -0.1) is 0 Å². The molecule has 2 aliphatic heterocycles. The van der Waals surface area contributed by atoms with E-state index in [0.717, 1.165) is 13.1 Å². The van der Waals surface area contributed by atoms with Crippen molar-refractivity contribution in [2.24, 2.45) is 11.8 Å². The number of hydrogen-bond donors (Lipinski definition) is 1. The van der Waals surface area contributed by atoms with E-state index in [9.17, 15) is 4.79 Å². The molecule has 0 radical (unpaired) electrons. The second-order valence-corrected chi connectivity index (χ2v) is 7.49. The Morgan fingerprint density at radius 2 is 2.00 bits per heavy atom. The summed E-state index contributed by atoms with van der Waals surface area (Å²) in [6.07, 6.45) is 4.90. The summed E-state index contributed by atoms with van der Waals surface area (Å²) in [6.45, 7) is 7.91. The quantitative estimate of drug-likeness (QED) is 0.802. The summed E-state index contributed by atoms with van der Waals surface area (Å²) in [4.78, 5) is 19.7. The number of ether oxygens (including phenoxy) is 1. The van der Waals surface area contributed by atoms with Gasteiger partial charge < -0.3 is 14.5 Å². The minimum Gasteiger partial charge on any atom is -0.444 e. The fourth-order valence-electron chi connectivity index (χ4n) is 3.98. The third kappa shape index (κ3) is 2.42. The van der Waals surface area contributed by atoms with Gasteiger partial charge in [0.1, 0.15) is 5.60 Å². The standard InChI is InChI=1S/C15H26N2O3/c1-14(2,3)20-13(18)17-8-12-9-19-16-15(12,10-17)11-6-4-5-7-11/h11-12,16H,4-10H2,1-3H3/t12-,15+/m0/s1. The van der Waals surface area contributed by atoms with E-state index in [-0.39, 0.29) is 11.6 Å². The molecular weight excluding hydrogens is 256 g/mol. The van der Waals surface area contributed by atoms with Crippen molar-refractivity contribution in [3.8, 4) is 0 Å². The first kappa shape index (κ1) is 14.1. The summed E-state index contributed by atoms with van der Waals surface area (Å²) in [5, 5.41) is 0. The summed E-state index contributed by atoms with van der Waals surface area (Å²) in [5.41, 5.74) is 2.81. The number of nitrogens with one attached hydrogen (secondary N) is 1. The van der Waals surface area contributed by atoms with Gasteiger partial charge in [-0.2, -0.15) is 5.48 Å². The van der Waals surface area contributed by atoms with Gasteiger partial charge >= 0.3 is 6.09 Å². The SMILES string of the molecule is CC(C)(C)OC(=O)N1C[C@H]2CON[C@@]2(C2CCCC2)C1. The molecule has 2 saturated heterocycles. The highest BCUT2D eigenvalue weighted by Crippen LogP contribution is 2.45. The van der Waals surface area contributed by atoms with E-state index in [4.69, 9.17) is 9.57 Å². The highest BCUT2D eigenvalue weighted by atomic mass is 16.7. The third-order valence-electron chi connectivity index (χ3n) is 4.90. The van der Waals surface area contributed by atoms with Gasteiger partial charge in [0.05, 0.1) is 12.1 Å². The highest BCUT2D eigenvalue weighted by Gasteiger charge is 2.56. The lowest BCUT2D eigenvalue weighted by Crippen LogP contribution is -2.52. The van der Waals surface area contributed by atoms with Crippen LogP contribution in [-0.4, -0.2) is 41.8 Å². The molecule has 3 rings (SSSR count). The topological polar surface area (TPSA) is 50.8 Å². The van der Waals surface area contributed by atoms with E-state index in [2.05, 4.69) is 5.48 Å². The molecule has 5 heteroatoms. The molecule has 5 nitrogen and oxygen atoms in total. The van der Waals surface area contributed by atoms with E-state index in [0.29, 0.717) is 18.4 Å². The molecule has 2 heterocycles. The Balaban J connectivity index is 1.71. The van der Waals surface area contributed by atoms with Crippen molar-refractivity contribution < 1.29 is 14.4 Å². The monoisotopic (exact) mass is 282 g/mol. The number of carbonyl (C=O) groups is 1. The van der Waals surface area contributed by atoms with Crippen LogP contribution in [0.1, 0.15) is 46.5 Å². The summed E-state index contributed by atoms with van der Waals surface area (Å²) in [5.74, 6) is 1.03. The van der Waals surface area contributed by atoms with Gasteiger partial charge in [0.15, 0.2) is 0 Å². The molecule has 0 aromatic carbocycles. The van der Waals surface area contributed by atoms with Crippen LogP contribution in [0.2, 0.25) is 0 Å². The lowest BCUT2D eigenvalue weighted by atomic mass is 9.77. The molecule has 1 N–H and O–H groups in total. The van der Waals surface area contributed by atoms with Crippen molar-refractivity contribution in [3.63, 3.8) is 0 Å². The van der Waals surface area contributed by atoms with Crippen LogP contribution >= 0.6 is 0 Å². The molecule has 0 aromatic rings. The van der Waals surface area contributed by atoms with Crippen LogP contribution in [0.3, 0.4) is 0 Å². The zero-order chi connectivity index (χ0) is 14.4. The number of hydroxylamine groups is 1. The molecule has 0 spiro atoms. The normalized spacial score (nSPS) is 34.5. The number of fused-ring (bicyclic) bond motifs is 1. The molecular formula is C15H26N2O3. The third-order valence-corrected chi connectivity index (χ3v) is 4.90. The lowest BCUT2D eigenvalue weighted by Gasteiger charge is -2.34. The summed E-state index contributed by atoms with van der Waals surface area (Å²) in [7, 11) is 0. The number of likely N-dealkylation sites (tertiary alicyclic amines) is 1. The average molecular weight is 282 g/mol. The minimum atomic E-state index is -0.431. The molecule has 1 saturated carbocycles. The van der Waals surface area contributed by atoms with Crippen LogP contribution in [-0.2, 0) is 9.57 Å². The maximum atomic E-state index is 12.3. The van der Waals surface area contributed by atoms with Crippen molar-refractivity contribution in [2.45, 2.75) is 57.6 Å². The van der Waals surface area contributed by atoms with E-state index in [1.807, 2.05) is 25.7 Å². The smallest absolute Gasteiger partial charge is 0.410 e. The van der Waals surface area contributed by atoms with Crippen molar-refractivity contribution in [1.29, 1.82) is 0 Å². The maximum Gasteiger partial charge on any atom is 0.410 e. The van der Waals surface area contributed by atoms with Crippen LogP contribution in [0.25, 0.3) is 0 Å². The zero-order valence-electron chi connectivity index (χ0n) is 12.8. The molecule has 0 bridgehead atoms. The van der Waals surface area contributed by atoms with Crippen LogP contribution in [0.4, 0.5) is 4.79 Å². The molecule has 20 heavy (non-hydrogen) atoms. The predicted octanol–water partition coefficient (Wildman–Crippen LogP) is 2.32. The van der Waals surface area contributed by atoms with Crippen LogP contribution in [0.15, 0.2) is 0 Å². The van der Waals surface area contributed by atoms with Gasteiger partial charge in [-0.05, 0) is 39.5 Å². The summed E-state index contributed by atoms with van der Waals surface area (Å²) >= 11 is 0. The molecule has 1 amide bonds. The fraction of sp³-hybridized carbons (Fsp3) is 0.933. The van der Waals surface area contributed by atoms with Gasteiger partial charge in [0.2, 0.25) is 0 Å². The summed E-state index contributed by atoms with van der Waals surface area (Å²) < 4.78 is 5.51. The van der Waals surface area contributed by atoms with Crippen LogP contribution < -0.4 is 5.48 Å². The number of carbonyl (C=O) groups excluding carboxylic acids is 1. The Bertz CT molecular complexity index is 387. The Labute approximate surface area is 120 Å². The second kappa shape index (κ2) is 4.88. The van der Waals surface area contributed by atoms with E-state index in [1.165, 1.54) is 25.7 Å². The first-order valence-electron chi connectivity index (χ1n) is 7.78. The largest absolute Gasteiger partial charge is 0.444 e. The number of hydrogen-bond acceptors (Lipinski definition) is 4. The molecule has 0 unspecified atom stereocenters. The minimum absolute atomic E-state index is 0.0343. The molecule has 3 aliphatic rings. The Morgan fingerprint density at radius 1 is 1.30 bits per heavy atom. The maximum absolute atomic E-state index is 12.3. The zero-order valence-corrected chi connectivity index (χ0v) is 12.8. The van der Waals surface area contributed by atoms with Crippen LogP contribution in [0.5, 0.6) is 0 Å². The highest BCUT2D eigenvalue weighted by molar-refractivity contribution is 5.69. The van der Waals surface area contributed by atoms with Gasteiger partial charge in [-0.1, -0.05) is 12.8 Å². The first-order chi connectivity index (χ1) is 9.41. The molecule has 1 aliphatic carbocycles. The average Bonchev–Trinajstić information content (AvgIpc) is 3.01. The second-order valence-electron chi connectivity index (χ2n) is 7.49. The predicted molar refractivity (Wildman–Crippen MR) is 75.1 cm³/mol. The van der Waals surface area contributed by atoms with Gasteiger partial charge in [-0.3, -0.25) is 0 Å². The van der Waals surface area contributed by atoms with Crippen molar-refractivity contribution in [2.75, 3.05) is 19.7 Å². The van der Waals surface area contributed by atoms with E-state index >= 15 is 0 Å². The number of amides is 1. The summed E-state index contributed by atoms with van der Waals surface area (Å²) in [6, 6.07) is 0. The first-order valence-corrected chi connectivity index (χ1v) is 7.78. The Hall–Kier alpha value is -0.810. The van der Waals surface area contributed by atoms with Crippen molar-refractivity contribution in [1.82, 2.24) is 10.4 Å². The van der Waals surface area contributed by atoms with Gasteiger partial charge in [0.25, 0.3) is 0 Å². The molecule has 0 aromatic heterocycles. The Morgan fingerprint density at radius 3 is 2.65 bits per heavy atom. The molecule has 3 fully saturated rings. The van der Waals surface area contributed by atoms with E-state index < -0.39 is 5.60 Å². The lowest BCUT2D eigenvalue weighted by molar-refractivity contribution is 0.00874. The van der Waals surface area contributed by atoms with Gasteiger partial charge in [-0.25, -0.2) is 4.79 Å². The van der Waals surface area contributed by atoms with Crippen LogP contribution in [0, 0.1) is 11.8 Å². The molecule has 114 valence electrons. The number of nitrogens with zero attached hydrogens (tertiary/aromatic N) is 1. The van der Waals surface area contributed by atoms with E-state index in [1.54, 1.807) is 0 Å². The molecule has 2 atom stereocenters. The Kier molecular flexibility index (Phi) is 3.45. The van der Waals surface area contributed by atoms with Gasteiger partial charge in [0, 0.05) is 19.0 Å².